The van der Waals surface area contributed by atoms with Gasteiger partial charge in [-0.05, 0) is 79.8 Å². The normalized spacial score (nSPS) is 36.7. The fourth-order valence-corrected chi connectivity index (χ4v) is 8.97. The molecule has 0 aromatic heterocycles. The van der Waals surface area contributed by atoms with Gasteiger partial charge in [0, 0.05) is 17.2 Å². The van der Waals surface area contributed by atoms with E-state index in [0.29, 0.717) is 5.92 Å². The topological polar surface area (TPSA) is 12.4 Å². The minimum atomic E-state index is 0.698. The minimum absolute atomic E-state index is 0.698. The zero-order chi connectivity index (χ0) is 24.2. The Balaban J connectivity index is 1.52. The predicted octanol–water partition coefficient (Wildman–Crippen LogP) is 10.2. The number of nitrogens with zero attached hydrogens (tertiary/aromatic N) is 1. The fraction of sp³-hybridized carbons (Fsp3) is 0.686. The summed E-state index contributed by atoms with van der Waals surface area (Å²) in [7, 11) is 0. The zero-order valence-electron chi connectivity index (χ0n) is 22.7. The molecule has 6 aliphatic rings. The van der Waals surface area contributed by atoms with Gasteiger partial charge in [0.1, 0.15) is 0 Å². The maximum atomic E-state index is 5.79. The van der Waals surface area contributed by atoms with Gasteiger partial charge in [0.05, 0.1) is 5.70 Å². The number of allylic oxidation sites excluding steroid dienone is 8. The average Bonchev–Trinajstić information content (AvgIpc) is 2.98. The van der Waals surface area contributed by atoms with Gasteiger partial charge in [0.2, 0.25) is 0 Å². The Bertz CT molecular complexity index is 969. The standard InChI is InChI=1S/C35H49N/c1-3-10-18-26-19-11-9-17-25-32-33(26)31(24-16-6-1)34-29-22-14-5-2-4-12-20-27(29)28-21-13-7-8-15-23-30(28)35(34)36-32/h7-8,13,15,21,23,26-27,29,31,33H,1-6,9-12,14,16-20,22,24-25H2/b8-7?,13-7?,15-8?,21-13-,23-15?,28-21?,30-23?. The summed E-state index contributed by atoms with van der Waals surface area (Å²) in [6, 6.07) is 0. The summed E-state index contributed by atoms with van der Waals surface area (Å²) in [5, 5.41) is 0. The van der Waals surface area contributed by atoms with Crippen LogP contribution in [0.2, 0.25) is 0 Å². The summed E-state index contributed by atoms with van der Waals surface area (Å²) in [6.45, 7) is 0. The van der Waals surface area contributed by atoms with Crippen molar-refractivity contribution in [2.45, 2.75) is 122 Å². The smallest absolute Gasteiger partial charge is 0.0702 e. The van der Waals surface area contributed by atoms with Crippen LogP contribution in [0.4, 0.5) is 0 Å². The van der Waals surface area contributed by atoms with Crippen LogP contribution in [0.3, 0.4) is 0 Å². The monoisotopic (exact) mass is 483 g/mol. The highest BCUT2D eigenvalue weighted by Crippen LogP contribution is 2.55. The van der Waals surface area contributed by atoms with Crippen molar-refractivity contribution >= 4 is 5.71 Å². The molecule has 5 atom stereocenters. The first kappa shape index (κ1) is 24.7. The molecular formula is C35H49N. The van der Waals surface area contributed by atoms with Gasteiger partial charge in [-0.1, -0.05) is 114 Å². The number of rotatable bonds is 0. The lowest BCUT2D eigenvalue weighted by molar-refractivity contribution is 0.220. The molecule has 1 aliphatic heterocycles. The van der Waals surface area contributed by atoms with Crippen molar-refractivity contribution in [3.05, 3.63) is 58.9 Å². The second-order valence-corrected chi connectivity index (χ2v) is 12.8. The Morgan fingerprint density at radius 1 is 0.528 bits per heavy atom. The Kier molecular flexibility index (Phi) is 8.11. The number of fused-ring (bicyclic) bond motifs is 5. The molecule has 0 saturated heterocycles. The number of hydrogen-bond acceptors (Lipinski definition) is 1. The second kappa shape index (κ2) is 11.8. The van der Waals surface area contributed by atoms with Crippen LogP contribution in [-0.2, 0) is 0 Å². The highest BCUT2D eigenvalue weighted by Gasteiger charge is 2.46. The highest BCUT2D eigenvalue weighted by atomic mass is 14.8. The third kappa shape index (κ3) is 5.06. The lowest BCUT2D eigenvalue weighted by Gasteiger charge is -2.48. The quantitative estimate of drug-likeness (QED) is 0.325. The summed E-state index contributed by atoms with van der Waals surface area (Å²) in [5.41, 5.74) is 8.03. The molecule has 0 bridgehead atoms. The van der Waals surface area contributed by atoms with Crippen molar-refractivity contribution in [1.82, 2.24) is 0 Å². The van der Waals surface area contributed by atoms with Crippen molar-refractivity contribution in [3.63, 3.8) is 0 Å². The van der Waals surface area contributed by atoms with E-state index in [2.05, 4.69) is 36.5 Å². The second-order valence-electron chi connectivity index (χ2n) is 12.8. The lowest BCUT2D eigenvalue weighted by atomic mass is 9.58. The molecule has 3 fully saturated rings. The first-order chi connectivity index (χ1) is 17.9. The van der Waals surface area contributed by atoms with E-state index in [1.807, 2.05) is 5.57 Å². The third-order valence-corrected chi connectivity index (χ3v) is 10.6. The zero-order valence-corrected chi connectivity index (χ0v) is 22.7. The summed E-state index contributed by atoms with van der Waals surface area (Å²) in [6.07, 6.45) is 40.9. The van der Waals surface area contributed by atoms with Gasteiger partial charge in [0.15, 0.2) is 0 Å². The summed E-state index contributed by atoms with van der Waals surface area (Å²) in [4.78, 5) is 5.79. The molecule has 0 aromatic rings. The maximum Gasteiger partial charge on any atom is 0.0702 e. The van der Waals surface area contributed by atoms with Crippen LogP contribution in [0.15, 0.2) is 63.9 Å². The van der Waals surface area contributed by atoms with Crippen LogP contribution in [0, 0.1) is 29.6 Å². The minimum Gasteiger partial charge on any atom is -0.257 e. The summed E-state index contributed by atoms with van der Waals surface area (Å²) >= 11 is 0. The van der Waals surface area contributed by atoms with E-state index >= 15 is 0 Å². The molecule has 1 nitrogen and oxygen atoms in total. The van der Waals surface area contributed by atoms with Crippen molar-refractivity contribution in [2.75, 3.05) is 0 Å². The first-order valence-electron chi connectivity index (χ1n) is 16.0. The molecule has 3 saturated carbocycles. The van der Waals surface area contributed by atoms with Crippen LogP contribution in [-0.4, -0.2) is 5.71 Å². The molecule has 0 spiro atoms. The van der Waals surface area contributed by atoms with E-state index < -0.39 is 0 Å². The molecule has 1 heterocycles. The molecule has 5 aliphatic carbocycles. The van der Waals surface area contributed by atoms with Gasteiger partial charge in [-0.3, -0.25) is 4.99 Å². The van der Waals surface area contributed by atoms with Crippen LogP contribution in [0.25, 0.3) is 0 Å². The van der Waals surface area contributed by atoms with Gasteiger partial charge in [0.25, 0.3) is 0 Å². The van der Waals surface area contributed by atoms with E-state index in [1.165, 1.54) is 133 Å². The molecule has 0 radical (unpaired) electrons. The van der Waals surface area contributed by atoms with Crippen molar-refractivity contribution in [3.8, 4) is 0 Å². The van der Waals surface area contributed by atoms with E-state index in [1.54, 1.807) is 11.3 Å². The van der Waals surface area contributed by atoms with Gasteiger partial charge < -0.3 is 0 Å². The van der Waals surface area contributed by atoms with Gasteiger partial charge in [-0.2, -0.15) is 0 Å². The molecule has 0 aromatic carbocycles. The summed E-state index contributed by atoms with van der Waals surface area (Å²) < 4.78 is 0. The fourth-order valence-electron chi connectivity index (χ4n) is 8.97. The predicted molar refractivity (Wildman–Crippen MR) is 154 cm³/mol. The third-order valence-electron chi connectivity index (χ3n) is 10.6. The van der Waals surface area contributed by atoms with Crippen LogP contribution in [0.1, 0.15) is 122 Å². The Morgan fingerprint density at radius 2 is 1.11 bits per heavy atom. The van der Waals surface area contributed by atoms with Gasteiger partial charge in [-0.25, -0.2) is 0 Å². The number of hydrogen-bond donors (Lipinski definition) is 0. The van der Waals surface area contributed by atoms with E-state index in [9.17, 15) is 0 Å². The molecule has 36 heavy (non-hydrogen) atoms. The molecule has 194 valence electrons. The van der Waals surface area contributed by atoms with Crippen LogP contribution in [0.5, 0.6) is 0 Å². The molecule has 0 N–H and O–H groups in total. The Labute approximate surface area is 221 Å². The lowest BCUT2D eigenvalue weighted by Crippen LogP contribution is -2.41. The average molecular weight is 484 g/mol. The molecule has 5 unspecified atom stereocenters. The SMILES string of the molecule is C1=C/C=C\C2=C(C=C1)C1=C(C3CCCCCCCC23)C2CCCCCCCC3CCCCCC(=N1)C32. The Morgan fingerprint density at radius 3 is 1.86 bits per heavy atom. The van der Waals surface area contributed by atoms with E-state index in [4.69, 9.17) is 4.99 Å². The first-order valence-corrected chi connectivity index (χ1v) is 16.0. The van der Waals surface area contributed by atoms with E-state index in [-0.39, 0.29) is 0 Å². The van der Waals surface area contributed by atoms with E-state index in [0.717, 1.165) is 23.7 Å². The van der Waals surface area contributed by atoms with Crippen molar-refractivity contribution < 1.29 is 0 Å². The largest absolute Gasteiger partial charge is 0.257 e. The van der Waals surface area contributed by atoms with Crippen LogP contribution < -0.4 is 0 Å². The van der Waals surface area contributed by atoms with Gasteiger partial charge in [-0.15, -0.1) is 0 Å². The summed E-state index contributed by atoms with van der Waals surface area (Å²) in [5.74, 6) is 3.80. The molecular weight excluding hydrogens is 434 g/mol. The number of aliphatic imine (C=N–C) groups is 1. The van der Waals surface area contributed by atoms with Crippen LogP contribution >= 0.6 is 0 Å². The highest BCUT2D eigenvalue weighted by molar-refractivity contribution is 5.91. The van der Waals surface area contributed by atoms with Crippen molar-refractivity contribution in [1.29, 1.82) is 0 Å². The molecule has 1 heteroatoms. The van der Waals surface area contributed by atoms with Gasteiger partial charge >= 0.3 is 0 Å². The molecule has 0 amide bonds. The maximum absolute atomic E-state index is 5.79. The van der Waals surface area contributed by atoms with Crippen molar-refractivity contribution in [2.24, 2.45) is 34.6 Å². The molecule has 6 rings (SSSR count). The Hall–Kier alpha value is -1.63.